The minimum Gasteiger partial charge on any atom is -0.480 e. The smallest absolute Gasteiger partial charge is 0.403 e. The molecule has 0 saturated carbocycles. The molecule has 3 aromatic rings. The van der Waals surface area contributed by atoms with Gasteiger partial charge in [-0.3, -0.25) is 60.9 Å². The molecule has 3 heterocycles. The second kappa shape index (κ2) is 32.5. The van der Waals surface area contributed by atoms with Crippen LogP contribution in [0.5, 0.6) is 0 Å². The zero-order valence-electron chi connectivity index (χ0n) is 49.6. The lowest BCUT2D eigenvalue weighted by atomic mass is 9.83. The van der Waals surface area contributed by atoms with Crippen molar-refractivity contribution in [2.24, 2.45) is 27.9 Å². The largest absolute Gasteiger partial charge is 0.480 e. The van der Waals surface area contributed by atoms with E-state index >= 15 is 0 Å². The molecule has 0 bridgehead atoms. The molecule has 0 radical (unpaired) electrons. The van der Waals surface area contributed by atoms with E-state index in [1.807, 2.05) is 93.6 Å². The highest BCUT2D eigenvalue weighted by atomic mass is 35.5. The van der Waals surface area contributed by atoms with Crippen LogP contribution >= 0.6 is 11.6 Å². The Labute approximate surface area is 482 Å². The molecule has 20 nitrogen and oxygen atoms in total. The minimum absolute atomic E-state index is 0.0730. The normalized spacial score (nSPS) is 16.2. The number of nitrogens with two attached hydrogens (primary N) is 2. The number of amides is 5. The van der Waals surface area contributed by atoms with Gasteiger partial charge >= 0.3 is 11.4 Å². The van der Waals surface area contributed by atoms with Crippen LogP contribution in [0.1, 0.15) is 143 Å². The maximum absolute atomic E-state index is 13.6. The second-order valence-corrected chi connectivity index (χ2v) is 21.9. The highest BCUT2D eigenvalue weighted by Gasteiger charge is 2.45. The Balaban J connectivity index is 0.000000498. The summed E-state index contributed by atoms with van der Waals surface area (Å²) in [6.07, 6.45) is 1.98. The van der Waals surface area contributed by atoms with Crippen LogP contribution in [-0.4, -0.2) is 127 Å². The van der Waals surface area contributed by atoms with Gasteiger partial charge in [-0.1, -0.05) is 156 Å². The van der Waals surface area contributed by atoms with Gasteiger partial charge in [0.05, 0.1) is 6.61 Å². The van der Waals surface area contributed by atoms with E-state index in [4.69, 9.17) is 11.6 Å². The number of halogens is 1. The SMILES string of the molecule is CCC(C)(C)C(=O)C(=O)N1Cc2ccccc2CC1C(=O)NNC(=O)[C@@H]1Cc2ccccc2CN1C(=O)C(=O)C(C)(C)CC.CCC(C)(C)C(=O)C(=O)N1Cc2ccccc2C[C@H]1C(=O)O.CCN(CC)CC.CCOC(=O)Cl.NN. The van der Waals surface area contributed by atoms with Crippen LogP contribution in [0.2, 0.25) is 0 Å². The zero-order chi connectivity index (χ0) is 61.6. The van der Waals surface area contributed by atoms with Crippen LogP contribution in [-0.2, 0) is 86.8 Å². The number of aliphatic carboxylic acids is 1. The number of carbonyl (C=O) groups is 10. The van der Waals surface area contributed by atoms with Gasteiger partial charge in [0.2, 0.25) is 17.3 Å². The molecule has 21 heteroatoms. The predicted octanol–water partition coefficient (Wildman–Crippen LogP) is 6.63. The number of rotatable bonds is 16. The van der Waals surface area contributed by atoms with Gasteiger partial charge in [-0.05, 0) is 79.2 Å². The summed E-state index contributed by atoms with van der Waals surface area (Å²) in [4.78, 5) is 132. The van der Waals surface area contributed by atoms with Gasteiger partial charge in [-0.2, -0.15) is 0 Å². The van der Waals surface area contributed by atoms with Crippen molar-refractivity contribution < 1.29 is 57.8 Å². The standard InChI is InChI=1S/C34H42N4O6.C17H21NO4.C6H15N.C3H5ClO2.H4N2/c1-7-33(3,4)27(39)31(43)37-19-23-15-11-9-13-21(23)17-25(37)29(41)35-36-30(42)26-18-22-14-10-12-16-24(22)20-38(26)32(44)28(40)34(5,6)8-2;1-4-17(2,3)14(19)15(20)18-10-12-8-6-5-7-11(12)9-13(18)16(21)22;1-4-7(5-2)6-3;1-2-6-3(4)5;1-2/h9-16,25-26H,7-8,17-20H2,1-6H3,(H,35,41)(H,36,42);5-8,13H,4,9-10H2,1-3H3,(H,21,22);4-6H2,1-3H3;2H2,1H3;1-2H2/t25-,26?;13-;;;/m00.../s1. The van der Waals surface area contributed by atoms with Crippen molar-refractivity contribution in [2.75, 3.05) is 26.2 Å². The Morgan fingerprint density at radius 2 is 0.765 bits per heavy atom. The lowest BCUT2D eigenvalue weighted by molar-refractivity contribution is -0.157. The van der Waals surface area contributed by atoms with E-state index in [0.717, 1.165) is 33.4 Å². The van der Waals surface area contributed by atoms with Crippen molar-refractivity contribution >= 4 is 69.9 Å². The maximum atomic E-state index is 13.6. The van der Waals surface area contributed by atoms with E-state index in [1.54, 1.807) is 48.5 Å². The summed E-state index contributed by atoms with van der Waals surface area (Å²) in [6.45, 7) is 28.2. The molecule has 0 spiro atoms. The van der Waals surface area contributed by atoms with Gasteiger partial charge in [-0.25, -0.2) is 9.59 Å². The van der Waals surface area contributed by atoms with Crippen LogP contribution in [0, 0.1) is 16.2 Å². The fourth-order valence-corrected chi connectivity index (χ4v) is 8.82. The number of Topliss-reactive ketones (excluding diaryl/α,β-unsaturated/α-hetero) is 3. The molecule has 7 N–H and O–H groups in total. The summed E-state index contributed by atoms with van der Waals surface area (Å²) in [5.74, 6) is 1.68. The molecule has 3 aromatic carbocycles. The molecule has 446 valence electrons. The Bertz CT molecular complexity index is 2570. The average molecular weight is 1150 g/mol. The number of ether oxygens (including phenoxy) is 1. The third-order valence-electron chi connectivity index (χ3n) is 15.4. The van der Waals surface area contributed by atoms with Crippen LogP contribution < -0.4 is 22.5 Å². The molecule has 0 aliphatic carbocycles. The van der Waals surface area contributed by atoms with Gasteiger partial charge in [0.25, 0.3) is 29.5 Å². The average Bonchev–Trinajstić information content (AvgIpc) is 3.57. The first kappa shape index (κ1) is 70.2. The van der Waals surface area contributed by atoms with Gasteiger partial charge in [0.15, 0.2) is 0 Å². The highest BCUT2D eigenvalue weighted by Crippen LogP contribution is 2.31. The minimum atomic E-state index is -1.08. The van der Waals surface area contributed by atoms with Crippen molar-refractivity contribution in [3.63, 3.8) is 0 Å². The van der Waals surface area contributed by atoms with E-state index in [9.17, 15) is 53.1 Å². The number of carboxylic acids is 1. The van der Waals surface area contributed by atoms with Gasteiger partial charge < -0.3 is 29.4 Å². The Kier molecular flexibility index (Phi) is 28.2. The van der Waals surface area contributed by atoms with Gasteiger partial charge in [0, 0.05) is 66.7 Å². The van der Waals surface area contributed by atoms with Crippen molar-refractivity contribution in [1.82, 2.24) is 30.5 Å². The molecule has 3 atom stereocenters. The first-order valence-electron chi connectivity index (χ1n) is 27.6. The zero-order valence-corrected chi connectivity index (χ0v) is 50.4. The summed E-state index contributed by atoms with van der Waals surface area (Å²) in [7, 11) is 0. The number of hydrogen-bond acceptors (Lipinski definition) is 14. The molecule has 0 aromatic heterocycles. The number of benzene rings is 3. The Hall–Kier alpha value is -6.87. The number of nitrogens with one attached hydrogen (secondary N) is 2. The highest BCUT2D eigenvalue weighted by molar-refractivity contribution is 6.61. The second-order valence-electron chi connectivity index (χ2n) is 21.6. The molecule has 0 saturated heterocycles. The Morgan fingerprint density at radius 1 is 0.506 bits per heavy atom. The molecule has 5 amide bonds. The molecular weight excluding hydrogens is 1060 g/mol. The van der Waals surface area contributed by atoms with E-state index in [2.05, 4.69) is 52.9 Å². The third kappa shape index (κ3) is 19.1. The summed E-state index contributed by atoms with van der Waals surface area (Å²) >= 11 is 4.72. The van der Waals surface area contributed by atoms with Crippen LogP contribution in [0.15, 0.2) is 72.8 Å². The van der Waals surface area contributed by atoms with Crippen LogP contribution in [0.4, 0.5) is 4.79 Å². The molecule has 1 unspecified atom stereocenters. The number of fused-ring (bicyclic) bond motifs is 3. The number of carbonyl (C=O) groups excluding carboxylic acids is 9. The van der Waals surface area contributed by atoms with Gasteiger partial charge in [0.1, 0.15) is 18.1 Å². The van der Waals surface area contributed by atoms with E-state index in [1.165, 1.54) is 34.3 Å². The summed E-state index contributed by atoms with van der Waals surface area (Å²) in [5.41, 5.74) is 6.79. The predicted molar refractivity (Wildman–Crippen MR) is 309 cm³/mol. The summed E-state index contributed by atoms with van der Waals surface area (Å²) in [6, 6.07) is 19.1. The molecular formula is C60H87ClN8O12. The molecule has 6 rings (SSSR count). The van der Waals surface area contributed by atoms with Crippen LogP contribution in [0.3, 0.4) is 0 Å². The van der Waals surface area contributed by atoms with Crippen molar-refractivity contribution in [2.45, 2.75) is 166 Å². The number of hydrazine groups is 2. The van der Waals surface area contributed by atoms with E-state index < -0.39 is 92.7 Å². The maximum Gasteiger partial charge on any atom is 0.403 e. The monoisotopic (exact) mass is 1150 g/mol. The fraction of sp³-hybridized carbons (Fsp3) is 0.533. The quantitative estimate of drug-likeness (QED) is 0.0435. The lowest BCUT2D eigenvalue weighted by Gasteiger charge is -2.38. The number of hydrogen-bond donors (Lipinski definition) is 5. The molecule has 81 heavy (non-hydrogen) atoms. The number of nitrogens with zero attached hydrogens (tertiary/aromatic N) is 4. The third-order valence-corrected chi connectivity index (χ3v) is 15.5. The molecule has 0 fully saturated rings. The van der Waals surface area contributed by atoms with Crippen molar-refractivity contribution in [3.05, 3.63) is 106 Å². The van der Waals surface area contributed by atoms with Crippen LogP contribution in [0.25, 0.3) is 0 Å². The topological polar surface area (TPSA) is 289 Å². The molecule has 3 aliphatic rings. The number of carboxylic acid groups (broad SMARTS) is 1. The van der Waals surface area contributed by atoms with Crippen molar-refractivity contribution in [1.29, 1.82) is 0 Å². The van der Waals surface area contributed by atoms with Crippen molar-refractivity contribution in [3.8, 4) is 0 Å². The first-order chi connectivity index (χ1) is 38.1. The van der Waals surface area contributed by atoms with E-state index in [0.29, 0.717) is 25.9 Å². The molecule has 3 aliphatic heterocycles. The number of ketones is 3. The fourth-order valence-electron chi connectivity index (χ4n) is 8.71. The first-order valence-corrected chi connectivity index (χ1v) is 28.0. The Morgan fingerprint density at radius 3 is 0.975 bits per heavy atom. The van der Waals surface area contributed by atoms with Gasteiger partial charge in [-0.15, -0.1) is 0 Å². The van der Waals surface area contributed by atoms with E-state index in [-0.39, 0.29) is 38.9 Å². The summed E-state index contributed by atoms with van der Waals surface area (Å²) < 4.78 is 4.17. The lowest BCUT2D eigenvalue weighted by Crippen LogP contribution is -2.61. The summed E-state index contributed by atoms with van der Waals surface area (Å²) in [5, 5.41) is 9.42.